The summed E-state index contributed by atoms with van der Waals surface area (Å²) in [6.45, 7) is 7.12. The van der Waals surface area contributed by atoms with Gasteiger partial charge in [-0.2, -0.15) is 0 Å². The predicted octanol–water partition coefficient (Wildman–Crippen LogP) is 3.77. The van der Waals surface area contributed by atoms with E-state index < -0.39 is 5.97 Å². The Morgan fingerprint density at radius 3 is 2.75 bits per heavy atom. The number of hydrogen-bond acceptors (Lipinski definition) is 4. The minimum atomic E-state index is -0.771. The highest BCUT2D eigenvalue weighted by molar-refractivity contribution is 7.11. The summed E-state index contributed by atoms with van der Waals surface area (Å²) in [7, 11) is 0. The molecule has 24 heavy (non-hydrogen) atoms. The molecule has 1 aromatic heterocycles. The van der Waals surface area contributed by atoms with E-state index >= 15 is 0 Å². The van der Waals surface area contributed by atoms with Crippen LogP contribution < -0.4 is 0 Å². The van der Waals surface area contributed by atoms with Gasteiger partial charge in [0.2, 0.25) is 0 Å². The molecule has 0 spiro atoms. The highest BCUT2D eigenvalue weighted by Crippen LogP contribution is 2.32. The molecule has 0 radical (unpaired) electrons. The maximum Gasteiger partial charge on any atom is 0.307 e. The van der Waals surface area contributed by atoms with Crippen molar-refractivity contribution in [1.29, 1.82) is 0 Å². The molecule has 4 nitrogen and oxygen atoms in total. The van der Waals surface area contributed by atoms with E-state index in [4.69, 9.17) is 10.1 Å². The van der Waals surface area contributed by atoms with Crippen molar-refractivity contribution in [3.63, 3.8) is 0 Å². The molecule has 1 aliphatic rings. The summed E-state index contributed by atoms with van der Waals surface area (Å²) in [4.78, 5) is 19.6. The molecule has 128 valence electrons. The van der Waals surface area contributed by atoms with Gasteiger partial charge in [-0.05, 0) is 44.4 Å². The number of carbonyl (C=O) groups is 1. The average Bonchev–Trinajstić information content (AvgIpc) is 2.89. The van der Waals surface area contributed by atoms with Gasteiger partial charge in [-0.25, -0.2) is 4.98 Å². The molecular weight excluding hydrogens is 320 g/mol. The first-order valence-corrected chi connectivity index (χ1v) is 9.29. The van der Waals surface area contributed by atoms with Crippen molar-refractivity contribution >= 4 is 17.3 Å². The quantitative estimate of drug-likeness (QED) is 0.897. The third kappa shape index (κ3) is 4.02. The van der Waals surface area contributed by atoms with Gasteiger partial charge in [0.1, 0.15) is 0 Å². The van der Waals surface area contributed by atoms with Crippen molar-refractivity contribution < 1.29 is 9.90 Å². The van der Waals surface area contributed by atoms with Crippen LogP contribution in [0.2, 0.25) is 0 Å². The van der Waals surface area contributed by atoms with E-state index in [0.717, 1.165) is 36.5 Å². The molecule has 0 bridgehead atoms. The summed E-state index contributed by atoms with van der Waals surface area (Å²) in [5, 5.41) is 10.4. The Labute approximate surface area is 147 Å². The van der Waals surface area contributed by atoms with Crippen LogP contribution in [0.1, 0.15) is 45.5 Å². The number of likely N-dealkylation sites (tertiary alicyclic amines) is 1. The van der Waals surface area contributed by atoms with E-state index in [-0.39, 0.29) is 6.42 Å². The Balaban J connectivity index is 1.71. The van der Waals surface area contributed by atoms with Gasteiger partial charge in [0.05, 0.1) is 17.1 Å². The largest absolute Gasteiger partial charge is 0.481 e. The lowest BCUT2D eigenvalue weighted by Gasteiger charge is -2.32. The Bertz CT molecular complexity index is 706. The van der Waals surface area contributed by atoms with Crippen LogP contribution in [0.4, 0.5) is 0 Å². The number of nitrogens with zero attached hydrogens (tertiary/aromatic N) is 2. The van der Waals surface area contributed by atoms with Crippen LogP contribution >= 0.6 is 11.3 Å². The molecule has 0 aliphatic carbocycles. The summed E-state index contributed by atoms with van der Waals surface area (Å²) in [5.41, 5.74) is 3.21. The first-order chi connectivity index (χ1) is 11.5. The first kappa shape index (κ1) is 17.1. The fourth-order valence-electron chi connectivity index (χ4n) is 3.36. The Morgan fingerprint density at radius 2 is 2.08 bits per heavy atom. The minimum Gasteiger partial charge on any atom is -0.481 e. The van der Waals surface area contributed by atoms with Gasteiger partial charge < -0.3 is 5.11 Å². The second-order valence-corrected chi connectivity index (χ2v) is 7.84. The number of thiazole rings is 1. The van der Waals surface area contributed by atoms with Crippen LogP contribution in [0.15, 0.2) is 24.3 Å². The fraction of sp³-hybridized carbons (Fsp3) is 0.474. The number of hydrogen-bond donors (Lipinski definition) is 1. The third-order valence-corrected chi connectivity index (χ3v) is 5.99. The molecule has 0 amide bonds. The topological polar surface area (TPSA) is 53.4 Å². The molecule has 3 rings (SSSR count). The molecule has 1 atom stereocenters. The average molecular weight is 344 g/mol. The number of rotatable bonds is 5. The van der Waals surface area contributed by atoms with Crippen LogP contribution in [0.5, 0.6) is 0 Å². The second kappa shape index (κ2) is 7.45. The van der Waals surface area contributed by atoms with Crippen molar-refractivity contribution in [2.75, 3.05) is 13.1 Å². The molecule has 2 aromatic rings. The van der Waals surface area contributed by atoms with Crippen LogP contribution in [0.3, 0.4) is 0 Å². The van der Waals surface area contributed by atoms with E-state index in [1.54, 1.807) is 0 Å². The minimum absolute atomic E-state index is 0.0955. The van der Waals surface area contributed by atoms with Crippen LogP contribution in [0.25, 0.3) is 0 Å². The number of aromatic nitrogens is 1. The summed E-state index contributed by atoms with van der Waals surface area (Å²) in [5.74, 6) is -0.268. The number of carboxylic acids is 1. The van der Waals surface area contributed by atoms with E-state index in [2.05, 4.69) is 24.8 Å². The Hall–Kier alpha value is -1.72. The zero-order valence-electron chi connectivity index (χ0n) is 14.3. The Morgan fingerprint density at radius 1 is 1.33 bits per heavy atom. The fourth-order valence-corrected chi connectivity index (χ4v) is 4.41. The molecular formula is C19H24N2O2S. The number of piperidine rings is 1. The van der Waals surface area contributed by atoms with Crippen LogP contribution in [-0.4, -0.2) is 34.0 Å². The molecule has 1 saturated heterocycles. The maximum absolute atomic E-state index is 11.1. The highest BCUT2D eigenvalue weighted by Gasteiger charge is 2.24. The first-order valence-electron chi connectivity index (χ1n) is 8.48. The maximum atomic E-state index is 11.1. The van der Waals surface area contributed by atoms with Crippen molar-refractivity contribution in [1.82, 2.24) is 9.88 Å². The van der Waals surface area contributed by atoms with Gasteiger partial charge in [-0.1, -0.05) is 24.3 Å². The Kier molecular flexibility index (Phi) is 5.31. The van der Waals surface area contributed by atoms with Crippen molar-refractivity contribution in [3.8, 4) is 0 Å². The molecule has 2 heterocycles. The number of aliphatic carboxylic acids is 1. The molecule has 1 unspecified atom stereocenters. The number of carboxylic acid groups (broad SMARTS) is 1. The molecule has 1 aromatic carbocycles. The zero-order chi connectivity index (χ0) is 17.1. The summed E-state index contributed by atoms with van der Waals surface area (Å²) in [6, 6.07) is 7.90. The molecule has 1 aliphatic heterocycles. The van der Waals surface area contributed by atoms with E-state index in [9.17, 15) is 4.79 Å². The van der Waals surface area contributed by atoms with Gasteiger partial charge in [-0.3, -0.25) is 9.69 Å². The standard InChI is InChI=1S/C19H24N2O2S/c1-13-14(2)24-19(20-13)17-8-5-9-21(12-17)11-16-7-4-3-6-15(16)10-18(22)23/h3-4,6-7,17H,5,8-12H2,1-2H3,(H,22,23). The lowest BCUT2D eigenvalue weighted by Crippen LogP contribution is -2.34. The SMILES string of the molecule is Cc1nc(C2CCCN(Cc3ccccc3CC(=O)O)C2)sc1C. The molecule has 1 N–H and O–H groups in total. The third-order valence-electron chi connectivity index (χ3n) is 4.75. The van der Waals surface area contributed by atoms with Gasteiger partial charge in [0.25, 0.3) is 0 Å². The molecule has 1 fully saturated rings. The van der Waals surface area contributed by atoms with Gasteiger partial charge in [0.15, 0.2) is 0 Å². The van der Waals surface area contributed by atoms with Crippen LogP contribution in [0, 0.1) is 13.8 Å². The van der Waals surface area contributed by atoms with Gasteiger partial charge in [-0.15, -0.1) is 11.3 Å². The van der Waals surface area contributed by atoms with E-state index in [1.807, 2.05) is 29.5 Å². The van der Waals surface area contributed by atoms with E-state index in [1.165, 1.54) is 22.7 Å². The van der Waals surface area contributed by atoms with Crippen molar-refractivity contribution in [2.45, 2.75) is 45.6 Å². The summed E-state index contributed by atoms with van der Waals surface area (Å²) in [6.07, 6.45) is 2.46. The lowest BCUT2D eigenvalue weighted by molar-refractivity contribution is -0.136. The van der Waals surface area contributed by atoms with Crippen molar-refractivity contribution in [2.24, 2.45) is 0 Å². The zero-order valence-corrected chi connectivity index (χ0v) is 15.1. The predicted molar refractivity (Wildman–Crippen MR) is 96.6 cm³/mol. The number of benzene rings is 1. The van der Waals surface area contributed by atoms with Crippen molar-refractivity contribution in [3.05, 3.63) is 51.0 Å². The van der Waals surface area contributed by atoms with Crippen LogP contribution in [-0.2, 0) is 17.8 Å². The molecule has 5 heteroatoms. The van der Waals surface area contributed by atoms with E-state index in [0.29, 0.717) is 5.92 Å². The number of aryl methyl sites for hydroxylation is 2. The highest BCUT2D eigenvalue weighted by atomic mass is 32.1. The monoisotopic (exact) mass is 344 g/mol. The lowest BCUT2D eigenvalue weighted by atomic mass is 9.97. The second-order valence-electron chi connectivity index (χ2n) is 6.61. The normalized spacial score (nSPS) is 18.7. The van der Waals surface area contributed by atoms with Gasteiger partial charge >= 0.3 is 5.97 Å². The molecule has 0 saturated carbocycles. The summed E-state index contributed by atoms with van der Waals surface area (Å²) < 4.78 is 0. The summed E-state index contributed by atoms with van der Waals surface area (Å²) >= 11 is 1.83. The van der Waals surface area contributed by atoms with Gasteiger partial charge in [0, 0.05) is 23.9 Å². The smallest absolute Gasteiger partial charge is 0.307 e.